The fourth-order valence-electron chi connectivity index (χ4n) is 7.95. The smallest absolute Gasteiger partial charge is 0.163 e. The lowest BCUT2D eigenvalue weighted by Crippen LogP contribution is -2.31. The summed E-state index contributed by atoms with van der Waals surface area (Å²) in [4.78, 5) is 15.9. The molecule has 0 radical (unpaired) electrons. The maximum Gasteiger partial charge on any atom is 0.163 e. The molecule has 0 saturated heterocycles. The van der Waals surface area contributed by atoms with Gasteiger partial charge >= 0.3 is 0 Å². The van der Waals surface area contributed by atoms with Crippen LogP contribution in [0.15, 0.2) is 182 Å². The predicted octanol–water partition coefficient (Wildman–Crippen LogP) is 10.7. The maximum atomic E-state index is 5.43. The van der Waals surface area contributed by atoms with Crippen LogP contribution in [0.3, 0.4) is 0 Å². The molecule has 234 valence electrons. The molecular weight excluding hydrogens is 609 g/mol. The molecule has 7 aromatic carbocycles. The number of benzene rings is 7. The lowest BCUT2D eigenvalue weighted by atomic mass is 9.71. The van der Waals surface area contributed by atoms with Crippen LogP contribution in [0, 0.1) is 0 Å². The molecule has 0 N–H and O–H groups in total. The van der Waals surface area contributed by atoms with E-state index in [9.17, 15) is 0 Å². The molecular formula is C46H30N4. The first kappa shape index (κ1) is 28.4. The largest absolute Gasteiger partial charge is 0.309 e. The zero-order valence-corrected chi connectivity index (χ0v) is 27.1. The van der Waals surface area contributed by atoms with Gasteiger partial charge < -0.3 is 4.57 Å². The zero-order valence-electron chi connectivity index (χ0n) is 27.1. The number of nitrogens with zero attached hydrogens (tertiary/aromatic N) is 4. The fraction of sp³-hybridized carbons (Fsp3) is 0.0217. The van der Waals surface area contributed by atoms with Gasteiger partial charge in [0.05, 0.1) is 11.0 Å². The van der Waals surface area contributed by atoms with Gasteiger partial charge in [0.25, 0.3) is 0 Å². The Kier molecular flexibility index (Phi) is 6.36. The van der Waals surface area contributed by atoms with Crippen LogP contribution in [0.1, 0.15) is 22.5 Å². The topological polar surface area (TPSA) is 43.6 Å². The molecule has 50 heavy (non-hydrogen) atoms. The van der Waals surface area contributed by atoms with Gasteiger partial charge in [-0.1, -0.05) is 152 Å². The summed E-state index contributed by atoms with van der Waals surface area (Å²) in [5, 5.41) is 2.39. The summed E-state index contributed by atoms with van der Waals surface area (Å²) in [7, 11) is 0. The van der Waals surface area contributed by atoms with Crippen molar-refractivity contribution in [2.75, 3.05) is 0 Å². The minimum absolute atomic E-state index is 0.650. The van der Waals surface area contributed by atoms with E-state index < -0.39 is 5.41 Å². The highest BCUT2D eigenvalue weighted by atomic mass is 15.1. The van der Waals surface area contributed by atoms with Gasteiger partial charge in [-0.25, -0.2) is 15.0 Å². The van der Waals surface area contributed by atoms with Crippen molar-refractivity contribution in [1.29, 1.82) is 0 Å². The Morgan fingerprint density at radius 2 is 0.900 bits per heavy atom. The van der Waals surface area contributed by atoms with Crippen LogP contribution in [-0.2, 0) is 5.41 Å². The molecule has 0 spiro atoms. The Hall–Kier alpha value is -6.65. The van der Waals surface area contributed by atoms with Crippen LogP contribution in [0.2, 0.25) is 0 Å². The Morgan fingerprint density at radius 1 is 0.400 bits per heavy atom. The molecule has 2 heterocycles. The molecule has 4 heteroatoms. The van der Waals surface area contributed by atoms with E-state index in [1.54, 1.807) is 0 Å². The number of aromatic nitrogens is 4. The third-order valence-electron chi connectivity index (χ3n) is 10.1. The molecule has 4 nitrogen and oxygen atoms in total. The minimum Gasteiger partial charge on any atom is -0.309 e. The van der Waals surface area contributed by atoms with E-state index >= 15 is 0 Å². The van der Waals surface area contributed by atoms with Crippen LogP contribution < -0.4 is 0 Å². The van der Waals surface area contributed by atoms with Crippen molar-refractivity contribution in [2.24, 2.45) is 0 Å². The van der Waals surface area contributed by atoms with Crippen molar-refractivity contribution < 1.29 is 0 Å². The quantitative estimate of drug-likeness (QED) is 0.188. The van der Waals surface area contributed by atoms with E-state index in [4.69, 9.17) is 15.0 Å². The third kappa shape index (κ3) is 4.15. The van der Waals surface area contributed by atoms with Crippen LogP contribution in [-0.4, -0.2) is 19.5 Å². The highest BCUT2D eigenvalue weighted by Crippen LogP contribution is 2.56. The van der Waals surface area contributed by atoms with E-state index in [1.807, 2.05) is 36.4 Å². The predicted molar refractivity (Wildman–Crippen MR) is 202 cm³/mol. The van der Waals surface area contributed by atoms with E-state index in [2.05, 4.69) is 150 Å². The van der Waals surface area contributed by atoms with Crippen LogP contribution in [0.5, 0.6) is 0 Å². The molecule has 0 atom stereocenters. The van der Waals surface area contributed by atoms with Gasteiger partial charge in [0, 0.05) is 27.6 Å². The van der Waals surface area contributed by atoms with Crippen LogP contribution in [0.25, 0.3) is 61.4 Å². The first-order valence-corrected chi connectivity index (χ1v) is 17.0. The average molecular weight is 639 g/mol. The van der Waals surface area contributed by atoms with Gasteiger partial charge in [-0.05, 0) is 58.1 Å². The van der Waals surface area contributed by atoms with Crippen molar-refractivity contribution in [3.8, 4) is 39.6 Å². The van der Waals surface area contributed by atoms with E-state index in [1.165, 1.54) is 27.4 Å². The van der Waals surface area contributed by atoms with Gasteiger partial charge in [-0.2, -0.15) is 0 Å². The maximum absolute atomic E-state index is 5.43. The molecule has 0 amide bonds. The number of para-hydroxylation sites is 2. The van der Waals surface area contributed by atoms with Gasteiger partial charge in [0.2, 0.25) is 0 Å². The van der Waals surface area contributed by atoms with E-state index in [-0.39, 0.29) is 0 Å². The summed E-state index contributed by atoms with van der Waals surface area (Å²) in [6, 6.07) is 64.2. The van der Waals surface area contributed by atoms with Crippen molar-refractivity contribution in [2.45, 2.75) is 5.41 Å². The summed E-state index contributed by atoms with van der Waals surface area (Å²) >= 11 is 0. The molecule has 0 saturated carbocycles. The van der Waals surface area contributed by atoms with Crippen LogP contribution >= 0.6 is 0 Å². The van der Waals surface area contributed by atoms with Crippen molar-refractivity contribution in [1.82, 2.24) is 19.5 Å². The molecule has 9 aromatic rings. The summed E-state index contributed by atoms with van der Waals surface area (Å²) in [5.41, 5.74) is 10.4. The van der Waals surface area contributed by atoms with Gasteiger partial charge in [0.15, 0.2) is 17.5 Å². The fourth-order valence-corrected chi connectivity index (χ4v) is 7.95. The molecule has 0 aliphatic heterocycles. The normalized spacial score (nSPS) is 13.0. The Balaban J connectivity index is 1.34. The first-order chi connectivity index (χ1) is 24.8. The number of rotatable bonds is 5. The monoisotopic (exact) mass is 638 g/mol. The number of hydrogen-bond acceptors (Lipinski definition) is 3. The highest BCUT2D eigenvalue weighted by molar-refractivity contribution is 6.09. The van der Waals surface area contributed by atoms with Gasteiger partial charge in [-0.15, -0.1) is 0 Å². The van der Waals surface area contributed by atoms with Crippen molar-refractivity contribution in [3.63, 3.8) is 0 Å². The van der Waals surface area contributed by atoms with E-state index in [0.717, 1.165) is 39.0 Å². The molecule has 10 rings (SSSR count). The molecule has 0 fully saturated rings. The SMILES string of the molecule is c1ccc(-c2nc(-c3ccccc3)nc(C3(c4ccc5c(c4)c4ccccc4n5-c4ccccc4)c4ccccc4-c4ccccc43)n2)cc1. The standard InChI is InChI=1S/C46H30N4/c1-4-16-31(17-5-1)43-47-44(32-18-6-2-7-19-32)49-45(48-43)46(39-25-13-10-22-35(39)36-23-11-14-26-40(36)46)33-28-29-42-38(30-33)37-24-12-15-27-41(37)50(42)34-20-8-3-9-21-34/h1-30H. The van der Waals surface area contributed by atoms with E-state index in [0.29, 0.717) is 17.5 Å². The van der Waals surface area contributed by atoms with Crippen LogP contribution in [0.4, 0.5) is 0 Å². The summed E-state index contributed by atoms with van der Waals surface area (Å²) < 4.78 is 2.36. The Morgan fingerprint density at radius 3 is 1.52 bits per heavy atom. The Labute approximate surface area is 290 Å². The molecule has 2 aromatic heterocycles. The zero-order chi connectivity index (χ0) is 33.1. The van der Waals surface area contributed by atoms with Gasteiger partial charge in [-0.3, -0.25) is 0 Å². The average Bonchev–Trinajstić information content (AvgIpc) is 3.69. The molecule has 0 bridgehead atoms. The molecule has 1 aliphatic carbocycles. The minimum atomic E-state index is -0.812. The number of fused-ring (bicyclic) bond motifs is 6. The highest BCUT2D eigenvalue weighted by Gasteiger charge is 2.49. The van der Waals surface area contributed by atoms with Crippen molar-refractivity contribution in [3.05, 3.63) is 205 Å². The summed E-state index contributed by atoms with van der Waals surface area (Å²) in [5.74, 6) is 2.00. The lowest BCUT2D eigenvalue weighted by Gasteiger charge is -2.32. The molecule has 1 aliphatic rings. The second-order valence-corrected chi connectivity index (χ2v) is 12.8. The third-order valence-corrected chi connectivity index (χ3v) is 10.1. The molecule has 0 unspecified atom stereocenters. The summed E-state index contributed by atoms with van der Waals surface area (Å²) in [6.45, 7) is 0. The second kappa shape index (κ2) is 11.2. The number of hydrogen-bond donors (Lipinski definition) is 0. The van der Waals surface area contributed by atoms with Crippen molar-refractivity contribution >= 4 is 21.8 Å². The second-order valence-electron chi connectivity index (χ2n) is 12.8. The Bertz CT molecular complexity index is 2590. The first-order valence-electron chi connectivity index (χ1n) is 17.0. The summed E-state index contributed by atoms with van der Waals surface area (Å²) in [6.07, 6.45) is 0. The van der Waals surface area contributed by atoms with Gasteiger partial charge in [0.1, 0.15) is 5.41 Å². The lowest BCUT2D eigenvalue weighted by molar-refractivity contribution is 0.693.